The first-order valence-electron chi connectivity index (χ1n) is 8.52. The highest BCUT2D eigenvalue weighted by atomic mass is 16.5. The van der Waals surface area contributed by atoms with Crippen LogP contribution >= 0.6 is 0 Å². The van der Waals surface area contributed by atoms with Gasteiger partial charge in [-0.2, -0.15) is 0 Å². The van der Waals surface area contributed by atoms with Crippen molar-refractivity contribution >= 4 is 11.9 Å². The van der Waals surface area contributed by atoms with E-state index in [4.69, 9.17) is 9.84 Å². The monoisotopic (exact) mass is 312 g/mol. The Labute approximate surface area is 132 Å². The second-order valence-corrected chi connectivity index (χ2v) is 6.30. The average molecular weight is 312 g/mol. The molecule has 6 nitrogen and oxygen atoms in total. The zero-order chi connectivity index (χ0) is 15.8. The van der Waals surface area contributed by atoms with Gasteiger partial charge in [-0.25, -0.2) is 0 Å². The van der Waals surface area contributed by atoms with Crippen molar-refractivity contribution in [3.05, 3.63) is 0 Å². The zero-order valence-electron chi connectivity index (χ0n) is 13.3. The average Bonchev–Trinajstić information content (AvgIpc) is 2.96. The first kappa shape index (κ1) is 17.2. The third-order valence-electron chi connectivity index (χ3n) is 4.54. The molecule has 0 radical (unpaired) electrons. The molecule has 0 spiro atoms. The SMILES string of the molecule is O=C(CN1CCC[C@H]1C(=O)O)NCCCOC1CCCCC1. The van der Waals surface area contributed by atoms with E-state index in [2.05, 4.69) is 5.32 Å². The summed E-state index contributed by atoms with van der Waals surface area (Å²) in [6.07, 6.45) is 8.89. The summed E-state index contributed by atoms with van der Waals surface area (Å²) < 4.78 is 5.81. The fraction of sp³-hybridized carbons (Fsp3) is 0.875. The van der Waals surface area contributed by atoms with Gasteiger partial charge in [-0.1, -0.05) is 19.3 Å². The van der Waals surface area contributed by atoms with Crippen molar-refractivity contribution in [3.8, 4) is 0 Å². The Morgan fingerprint density at radius 2 is 1.91 bits per heavy atom. The van der Waals surface area contributed by atoms with E-state index in [9.17, 15) is 9.59 Å². The van der Waals surface area contributed by atoms with Gasteiger partial charge in [0.1, 0.15) is 6.04 Å². The van der Waals surface area contributed by atoms with Crippen LogP contribution in [0.3, 0.4) is 0 Å². The Bertz CT molecular complexity index is 369. The minimum absolute atomic E-state index is 0.0918. The number of carbonyl (C=O) groups excluding carboxylic acids is 1. The van der Waals surface area contributed by atoms with Gasteiger partial charge in [0.25, 0.3) is 0 Å². The number of amides is 1. The molecule has 1 atom stereocenters. The maximum Gasteiger partial charge on any atom is 0.320 e. The Morgan fingerprint density at radius 1 is 1.14 bits per heavy atom. The maximum absolute atomic E-state index is 11.8. The molecule has 2 fully saturated rings. The van der Waals surface area contributed by atoms with E-state index in [1.165, 1.54) is 19.3 Å². The van der Waals surface area contributed by atoms with Crippen LogP contribution in [0.25, 0.3) is 0 Å². The van der Waals surface area contributed by atoms with Crippen molar-refractivity contribution in [2.24, 2.45) is 0 Å². The molecule has 0 unspecified atom stereocenters. The van der Waals surface area contributed by atoms with Crippen LogP contribution in [0.5, 0.6) is 0 Å². The number of likely N-dealkylation sites (tertiary alicyclic amines) is 1. The van der Waals surface area contributed by atoms with Gasteiger partial charge in [-0.05, 0) is 38.6 Å². The van der Waals surface area contributed by atoms with E-state index in [0.29, 0.717) is 32.2 Å². The first-order chi connectivity index (χ1) is 10.7. The molecule has 0 aromatic rings. The molecule has 1 aliphatic heterocycles. The summed E-state index contributed by atoms with van der Waals surface area (Å²) in [4.78, 5) is 24.6. The Kier molecular flexibility index (Phi) is 7.12. The minimum atomic E-state index is -0.828. The van der Waals surface area contributed by atoms with Crippen LogP contribution in [0, 0.1) is 0 Å². The number of carbonyl (C=O) groups is 2. The van der Waals surface area contributed by atoms with Crippen LogP contribution in [0.4, 0.5) is 0 Å². The smallest absolute Gasteiger partial charge is 0.320 e. The molecule has 22 heavy (non-hydrogen) atoms. The van der Waals surface area contributed by atoms with Crippen LogP contribution in [-0.4, -0.2) is 60.3 Å². The largest absolute Gasteiger partial charge is 0.480 e. The van der Waals surface area contributed by atoms with Crippen LogP contribution in [0.1, 0.15) is 51.4 Å². The van der Waals surface area contributed by atoms with Gasteiger partial charge >= 0.3 is 5.97 Å². The lowest BCUT2D eigenvalue weighted by molar-refractivity contribution is -0.142. The number of nitrogens with zero attached hydrogens (tertiary/aromatic N) is 1. The van der Waals surface area contributed by atoms with E-state index in [-0.39, 0.29) is 12.5 Å². The summed E-state index contributed by atoms with van der Waals surface area (Å²) in [6.45, 7) is 2.15. The van der Waals surface area contributed by atoms with Crippen molar-refractivity contribution in [1.82, 2.24) is 10.2 Å². The third-order valence-corrected chi connectivity index (χ3v) is 4.54. The molecule has 1 amide bonds. The van der Waals surface area contributed by atoms with Gasteiger partial charge in [0.15, 0.2) is 0 Å². The predicted molar refractivity (Wildman–Crippen MR) is 82.7 cm³/mol. The van der Waals surface area contributed by atoms with Crippen molar-refractivity contribution < 1.29 is 19.4 Å². The molecule has 2 aliphatic rings. The molecule has 6 heteroatoms. The fourth-order valence-electron chi connectivity index (χ4n) is 3.32. The summed E-state index contributed by atoms with van der Waals surface area (Å²) in [5, 5.41) is 11.9. The molecular weight excluding hydrogens is 284 g/mol. The Hall–Kier alpha value is -1.14. The highest BCUT2D eigenvalue weighted by Crippen LogP contribution is 2.20. The second-order valence-electron chi connectivity index (χ2n) is 6.30. The van der Waals surface area contributed by atoms with Crippen LogP contribution < -0.4 is 5.32 Å². The van der Waals surface area contributed by atoms with Crippen LogP contribution in [0.15, 0.2) is 0 Å². The van der Waals surface area contributed by atoms with Crippen molar-refractivity contribution in [3.63, 3.8) is 0 Å². The van der Waals surface area contributed by atoms with Gasteiger partial charge in [0, 0.05) is 13.2 Å². The van der Waals surface area contributed by atoms with Crippen molar-refractivity contribution in [2.75, 3.05) is 26.2 Å². The summed E-state index contributed by atoms with van der Waals surface area (Å²) in [6, 6.07) is -0.500. The molecular formula is C16H28N2O4. The van der Waals surface area contributed by atoms with E-state index in [1.54, 1.807) is 4.90 Å². The van der Waals surface area contributed by atoms with Gasteiger partial charge in [-0.3, -0.25) is 14.5 Å². The van der Waals surface area contributed by atoms with Crippen LogP contribution in [-0.2, 0) is 14.3 Å². The van der Waals surface area contributed by atoms with E-state index >= 15 is 0 Å². The Balaban J connectivity index is 1.53. The number of hydrogen-bond donors (Lipinski definition) is 2. The number of carboxylic acids is 1. The molecule has 2 N–H and O–H groups in total. The van der Waals surface area contributed by atoms with E-state index < -0.39 is 12.0 Å². The summed E-state index contributed by atoms with van der Waals surface area (Å²) in [5.74, 6) is -0.919. The molecule has 0 bridgehead atoms. The summed E-state index contributed by atoms with van der Waals surface area (Å²) >= 11 is 0. The lowest BCUT2D eigenvalue weighted by atomic mass is 9.98. The minimum Gasteiger partial charge on any atom is -0.480 e. The van der Waals surface area contributed by atoms with E-state index in [1.807, 2.05) is 0 Å². The standard InChI is InChI=1S/C16H28N2O4/c19-15(12-18-10-4-8-14(18)16(20)21)17-9-5-11-22-13-6-2-1-3-7-13/h13-14H,1-12H2,(H,17,19)(H,20,21)/t14-/m0/s1. The van der Waals surface area contributed by atoms with Gasteiger partial charge < -0.3 is 15.2 Å². The number of aliphatic carboxylic acids is 1. The molecule has 126 valence electrons. The highest BCUT2D eigenvalue weighted by molar-refractivity contribution is 5.80. The van der Waals surface area contributed by atoms with Crippen molar-refractivity contribution in [2.45, 2.75) is 63.5 Å². The summed E-state index contributed by atoms with van der Waals surface area (Å²) in [7, 11) is 0. The number of nitrogens with one attached hydrogen (secondary N) is 1. The topological polar surface area (TPSA) is 78.9 Å². The van der Waals surface area contributed by atoms with Crippen LogP contribution in [0.2, 0.25) is 0 Å². The van der Waals surface area contributed by atoms with Crippen molar-refractivity contribution in [1.29, 1.82) is 0 Å². The fourth-order valence-corrected chi connectivity index (χ4v) is 3.32. The second kappa shape index (κ2) is 9.10. The number of rotatable bonds is 8. The third kappa shape index (κ3) is 5.57. The molecule has 1 heterocycles. The quantitative estimate of drug-likeness (QED) is 0.662. The lowest BCUT2D eigenvalue weighted by Crippen LogP contribution is -2.43. The van der Waals surface area contributed by atoms with E-state index in [0.717, 1.165) is 25.7 Å². The first-order valence-corrected chi connectivity index (χ1v) is 8.52. The predicted octanol–water partition coefficient (Wildman–Crippen LogP) is 1.39. The highest BCUT2D eigenvalue weighted by Gasteiger charge is 2.31. The molecule has 1 saturated carbocycles. The normalized spacial score (nSPS) is 23.5. The molecule has 2 rings (SSSR count). The molecule has 1 saturated heterocycles. The van der Waals surface area contributed by atoms with Gasteiger partial charge in [-0.15, -0.1) is 0 Å². The Morgan fingerprint density at radius 3 is 2.64 bits per heavy atom. The van der Waals surface area contributed by atoms with Gasteiger partial charge in [0.2, 0.25) is 5.91 Å². The zero-order valence-corrected chi connectivity index (χ0v) is 13.3. The molecule has 0 aromatic carbocycles. The summed E-state index contributed by atoms with van der Waals surface area (Å²) in [5.41, 5.74) is 0. The number of hydrogen-bond acceptors (Lipinski definition) is 4. The van der Waals surface area contributed by atoms with Gasteiger partial charge in [0.05, 0.1) is 12.6 Å². The maximum atomic E-state index is 11.8. The number of ether oxygens (including phenoxy) is 1. The number of carboxylic acid groups (broad SMARTS) is 1. The molecule has 1 aliphatic carbocycles. The molecule has 0 aromatic heterocycles. The lowest BCUT2D eigenvalue weighted by Gasteiger charge is -2.22.